The second-order valence-electron chi connectivity index (χ2n) is 7.79. The van der Waals surface area contributed by atoms with Gasteiger partial charge in [-0.1, -0.05) is 29.4 Å². The van der Waals surface area contributed by atoms with Crippen LogP contribution in [-0.4, -0.2) is 34.6 Å². The summed E-state index contributed by atoms with van der Waals surface area (Å²) in [6, 6.07) is 16.4. The molecule has 3 aromatic carbocycles. The number of amides is 1. The van der Waals surface area contributed by atoms with Crippen LogP contribution in [0.3, 0.4) is 0 Å². The molecular formula is C25H22N4O5. The van der Waals surface area contributed by atoms with E-state index >= 15 is 0 Å². The molecule has 0 atom stereocenters. The van der Waals surface area contributed by atoms with Crippen molar-refractivity contribution in [1.29, 1.82) is 0 Å². The van der Waals surface area contributed by atoms with Gasteiger partial charge in [0, 0.05) is 12.4 Å². The smallest absolute Gasteiger partial charge is 0.295 e. The molecule has 172 valence electrons. The molecular weight excluding hydrogens is 436 g/mol. The van der Waals surface area contributed by atoms with Crippen LogP contribution in [0, 0.1) is 6.92 Å². The van der Waals surface area contributed by atoms with Crippen molar-refractivity contribution in [3.63, 3.8) is 0 Å². The number of aromatic nitrogens is 3. The zero-order valence-corrected chi connectivity index (χ0v) is 19.1. The minimum atomic E-state index is -0.537. The number of rotatable bonds is 5. The maximum Gasteiger partial charge on any atom is 0.295 e. The van der Waals surface area contributed by atoms with Gasteiger partial charge in [0.2, 0.25) is 0 Å². The van der Waals surface area contributed by atoms with Gasteiger partial charge in [-0.3, -0.25) is 14.3 Å². The summed E-state index contributed by atoms with van der Waals surface area (Å²) in [5.74, 6) is 0.581. The molecule has 0 fully saturated rings. The molecule has 9 heteroatoms. The van der Waals surface area contributed by atoms with Crippen LogP contribution in [0.25, 0.3) is 27.4 Å². The second kappa shape index (κ2) is 8.11. The third-order valence-corrected chi connectivity index (χ3v) is 5.97. The molecule has 1 amide bonds. The molecule has 0 unspecified atom stereocenters. The highest BCUT2D eigenvalue weighted by molar-refractivity contribution is 6.15. The first-order valence-corrected chi connectivity index (χ1v) is 10.5. The van der Waals surface area contributed by atoms with Gasteiger partial charge in [-0.05, 0) is 42.6 Å². The van der Waals surface area contributed by atoms with Crippen LogP contribution in [0.4, 0.5) is 5.69 Å². The van der Waals surface area contributed by atoms with E-state index in [1.807, 2.05) is 42.5 Å². The molecule has 2 aromatic heterocycles. The summed E-state index contributed by atoms with van der Waals surface area (Å²) >= 11 is 0. The molecule has 1 N–H and O–H groups in total. The number of carbonyl (C=O) groups excluding carboxylic acids is 1. The number of carbonyl (C=O) groups is 1. The van der Waals surface area contributed by atoms with Crippen molar-refractivity contribution < 1.29 is 18.8 Å². The molecule has 0 aliphatic rings. The number of methoxy groups -OCH3 is 2. The molecule has 0 bridgehead atoms. The monoisotopic (exact) mass is 458 g/mol. The number of anilines is 1. The second-order valence-corrected chi connectivity index (χ2v) is 7.79. The van der Waals surface area contributed by atoms with Crippen LogP contribution in [0.5, 0.6) is 11.5 Å². The molecule has 0 aliphatic carbocycles. The molecule has 0 saturated carbocycles. The van der Waals surface area contributed by atoms with Gasteiger partial charge < -0.3 is 19.3 Å². The SMILES string of the molecule is COc1cc2ccc3c(C(=O)Nc4c(C)n(C)n(-c5ccccc5)c4=O)noc3c2cc1OC. The standard InChI is InChI=1S/C25H22N4O5/c1-14-21(25(31)29(28(14)2)16-8-6-5-7-9-16)26-24(30)22-17-11-10-15-12-19(32-3)20(33-4)13-18(15)23(17)34-27-22/h5-13H,1-4H3,(H,26,30). The Balaban J connectivity index is 1.56. The number of ether oxygens (including phenoxy) is 2. The third kappa shape index (κ3) is 3.21. The van der Waals surface area contributed by atoms with Crippen molar-refractivity contribution in [2.75, 3.05) is 19.5 Å². The average molecular weight is 458 g/mol. The Bertz CT molecular complexity index is 1610. The first kappa shape index (κ1) is 21.3. The van der Waals surface area contributed by atoms with E-state index in [9.17, 15) is 9.59 Å². The van der Waals surface area contributed by atoms with E-state index in [1.165, 1.54) is 4.68 Å². The highest BCUT2D eigenvalue weighted by atomic mass is 16.5. The number of nitrogens with one attached hydrogen (secondary N) is 1. The van der Waals surface area contributed by atoms with Gasteiger partial charge in [0.05, 0.1) is 31.0 Å². The summed E-state index contributed by atoms with van der Waals surface area (Å²) in [4.78, 5) is 26.3. The van der Waals surface area contributed by atoms with Gasteiger partial charge in [0.25, 0.3) is 11.5 Å². The summed E-state index contributed by atoms with van der Waals surface area (Å²) in [5.41, 5.74) is 1.67. The number of nitrogens with zero attached hydrogens (tertiary/aromatic N) is 3. The highest BCUT2D eigenvalue weighted by Gasteiger charge is 2.23. The van der Waals surface area contributed by atoms with Crippen molar-refractivity contribution >= 4 is 33.3 Å². The fourth-order valence-corrected chi connectivity index (χ4v) is 4.10. The Morgan fingerprint density at radius 3 is 2.41 bits per heavy atom. The molecule has 9 nitrogen and oxygen atoms in total. The average Bonchev–Trinajstić information content (AvgIpc) is 3.38. The van der Waals surface area contributed by atoms with Gasteiger partial charge >= 0.3 is 0 Å². The van der Waals surface area contributed by atoms with E-state index in [0.717, 1.165) is 10.8 Å². The van der Waals surface area contributed by atoms with E-state index in [1.54, 1.807) is 45.0 Å². The van der Waals surface area contributed by atoms with Gasteiger partial charge in [0.1, 0.15) is 5.69 Å². The predicted molar refractivity (Wildman–Crippen MR) is 128 cm³/mol. The van der Waals surface area contributed by atoms with E-state index in [0.29, 0.717) is 33.8 Å². The van der Waals surface area contributed by atoms with Gasteiger partial charge in [0.15, 0.2) is 22.8 Å². The van der Waals surface area contributed by atoms with E-state index in [2.05, 4.69) is 10.5 Å². The number of hydrogen-bond acceptors (Lipinski definition) is 6. The van der Waals surface area contributed by atoms with Crippen LogP contribution in [0.2, 0.25) is 0 Å². The van der Waals surface area contributed by atoms with Crippen LogP contribution >= 0.6 is 0 Å². The highest BCUT2D eigenvalue weighted by Crippen LogP contribution is 2.36. The molecule has 0 spiro atoms. The molecule has 0 aliphatic heterocycles. The Hall–Kier alpha value is -4.53. The topological polar surface area (TPSA) is 101 Å². The van der Waals surface area contributed by atoms with Crippen LogP contribution in [-0.2, 0) is 7.05 Å². The number of fused-ring (bicyclic) bond motifs is 3. The maximum absolute atomic E-state index is 13.2. The zero-order valence-electron chi connectivity index (χ0n) is 19.1. The first-order valence-electron chi connectivity index (χ1n) is 10.5. The Morgan fingerprint density at radius 1 is 1.00 bits per heavy atom. The summed E-state index contributed by atoms with van der Waals surface area (Å²) in [5, 5.41) is 8.84. The van der Waals surface area contributed by atoms with Crippen molar-refractivity contribution in [3.05, 3.63) is 76.3 Å². The summed E-state index contributed by atoms with van der Waals surface area (Å²) in [7, 11) is 4.88. The van der Waals surface area contributed by atoms with Crippen LogP contribution in [0.15, 0.2) is 63.9 Å². The number of benzene rings is 3. The lowest BCUT2D eigenvalue weighted by molar-refractivity contribution is 0.101. The fraction of sp³-hybridized carbons (Fsp3) is 0.160. The Morgan fingerprint density at radius 2 is 1.71 bits per heavy atom. The maximum atomic E-state index is 13.2. The van der Waals surface area contributed by atoms with E-state index in [4.69, 9.17) is 14.0 Å². The van der Waals surface area contributed by atoms with Gasteiger partial charge in [-0.2, -0.15) is 0 Å². The van der Waals surface area contributed by atoms with E-state index in [-0.39, 0.29) is 16.9 Å². The van der Waals surface area contributed by atoms with Crippen molar-refractivity contribution in [1.82, 2.24) is 14.5 Å². The fourth-order valence-electron chi connectivity index (χ4n) is 4.10. The third-order valence-electron chi connectivity index (χ3n) is 5.97. The van der Waals surface area contributed by atoms with Crippen molar-refractivity contribution in [3.8, 4) is 17.2 Å². The van der Waals surface area contributed by atoms with Crippen molar-refractivity contribution in [2.45, 2.75) is 6.92 Å². The van der Waals surface area contributed by atoms with Crippen molar-refractivity contribution in [2.24, 2.45) is 7.05 Å². The summed E-state index contributed by atoms with van der Waals surface area (Å²) < 4.78 is 19.5. The summed E-state index contributed by atoms with van der Waals surface area (Å²) in [6.07, 6.45) is 0. The van der Waals surface area contributed by atoms with E-state index < -0.39 is 5.91 Å². The van der Waals surface area contributed by atoms with Crippen LogP contribution < -0.4 is 20.3 Å². The molecule has 2 heterocycles. The zero-order chi connectivity index (χ0) is 24.0. The Kier molecular flexibility index (Phi) is 5.09. The first-order chi connectivity index (χ1) is 16.4. The number of hydrogen-bond donors (Lipinski definition) is 1. The molecule has 5 aromatic rings. The molecule has 5 rings (SSSR count). The minimum Gasteiger partial charge on any atom is -0.493 e. The molecule has 0 radical (unpaired) electrons. The van der Waals surface area contributed by atoms with Gasteiger partial charge in [-0.15, -0.1) is 0 Å². The number of para-hydroxylation sites is 1. The van der Waals surface area contributed by atoms with Gasteiger partial charge in [-0.25, -0.2) is 4.68 Å². The molecule has 34 heavy (non-hydrogen) atoms. The normalized spacial score (nSPS) is 11.2. The summed E-state index contributed by atoms with van der Waals surface area (Å²) in [6.45, 7) is 1.77. The molecule has 0 saturated heterocycles. The largest absolute Gasteiger partial charge is 0.493 e. The quantitative estimate of drug-likeness (QED) is 0.427. The Labute approximate surface area is 194 Å². The lowest BCUT2D eigenvalue weighted by Gasteiger charge is -2.09. The lowest BCUT2D eigenvalue weighted by Crippen LogP contribution is -2.23. The lowest BCUT2D eigenvalue weighted by atomic mass is 10.1. The minimum absolute atomic E-state index is 0.0839. The predicted octanol–water partition coefficient (Wildman–Crippen LogP) is 4.05. The van der Waals surface area contributed by atoms with Crippen LogP contribution in [0.1, 0.15) is 16.2 Å².